The van der Waals surface area contributed by atoms with Gasteiger partial charge in [0.25, 0.3) is 0 Å². The molecular formula is C12H21N5O. The lowest BCUT2D eigenvalue weighted by molar-refractivity contribution is -0.126. The molecule has 2 heterocycles. The van der Waals surface area contributed by atoms with Crippen LogP contribution in [0, 0.1) is 0 Å². The predicted molar refractivity (Wildman–Crippen MR) is 69.2 cm³/mol. The van der Waals surface area contributed by atoms with Crippen molar-refractivity contribution in [3.05, 3.63) is 18.0 Å². The SMILES string of the molecule is CNC(=O)C1CNCCN1CCc1cnn(C)c1. The van der Waals surface area contributed by atoms with Crippen molar-refractivity contribution in [2.75, 3.05) is 33.2 Å². The molecule has 1 unspecified atom stereocenters. The number of carbonyl (C=O) groups excluding carboxylic acids is 1. The second-order valence-electron chi connectivity index (χ2n) is 4.64. The van der Waals surface area contributed by atoms with E-state index >= 15 is 0 Å². The highest BCUT2D eigenvalue weighted by molar-refractivity contribution is 5.81. The molecule has 100 valence electrons. The molecule has 2 N–H and O–H groups in total. The Morgan fingerprint density at radius 3 is 3.17 bits per heavy atom. The van der Waals surface area contributed by atoms with E-state index < -0.39 is 0 Å². The van der Waals surface area contributed by atoms with Gasteiger partial charge in [-0.1, -0.05) is 0 Å². The molecule has 0 radical (unpaired) electrons. The molecule has 1 atom stereocenters. The fourth-order valence-electron chi connectivity index (χ4n) is 2.31. The third-order valence-corrected chi connectivity index (χ3v) is 3.35. The minimum atomic E-state index is -0.0552. The second-order valence-corrected chi connectivity index (χ2v) is 4.64. The maximum absolute atomic E-state index is 11.8. The lowest BCUT2D eigenvalue weighted by Gasteiger charge is -2.34. The van der Waals surface area contributed by atoms with E-state index in [1.54, 1.807) is 7.05 Å². The Morgan fingerprint density at radius 1 is 1.67 bits per heavy atom. The van der Waals surface area contributed by atoms with E-state index in [1.807, 2.05) is 24.1 Å². The van der Waals surface area contributed by atoms with Gasteiger partial charge in [-0.05, 0) is 12.0 Å². The summed E-state index contributed by atoms with van der Waals surface area (Å²) in [6, 6.07) is -0.0552. The molecule has 1 aliphatic rings. The smallest absolute Gasteiger partial charge is 0.238 e. The van der Waals surface area contributed by atoms with Crippen LogP contribution in [0.1, 0.15) is 5.56 Å². The van der Waals surface area contributed by atoms with E-state index in [0.29, 0.717) is 0 Å². The van der Waals surface area contributed by atoms with Gasteiger partial charge in [0.2, 0.25) is 5.91 Å². The van der Waals surface area contributed by atoms with Gasteiger partial charge in [-0.15, -0.1) is 0 Å². The van der Waals surface area contributed by atoms with Gasteiger partial charge < -0.3 is 10.6 Å². The van der Waals surface area contributed by atoms with Crippen molar-refractivity contribution in [3.8, 4) is 0 Å². The second kappa shape index (κ2) is 5.97. The van der Waals surface area contributed by atoms with E-state index in [4.69, 9.17) is 0 Å². The van der Waals surface area contributed by atoms with Crippen LogP contribution in [0.25, 0.3) is 0 Å². The summed E-state index contributed by atoms with van der Waals surface area (Å²) in [7, 11) is 3.61. The molecule has 0 saturated carbocycles. The largest absolute Gasteiger partial charge is 0.358 e. The monoisotopic (exact) mass is 251 g/mol. The van der Waals surface area contributed by atoms with E-state index in [1.165, 1.54) is 5.56 Å². The van der Waals surface area contributed by atoms with Crippen molar-refractivity contribution in [2.24, 2.45) is 7.05 Å². The number of carbonyl (C=O) groups is 1. The minimum absolute atomic E-state index is 0.0552. The summed E-state index contributed by atoms with van der Waals surface area (Å²) in [5.41, 5.74) is 1.21. The summed E-state index contributed by atoms with van der Waals surface area (Å²) in [6.07, 6.45) is 4.84. The Bertz CT molecular complexity index is 403. The molecule has 1 aromatic heterocycles. The number of piperazine rings is 1. The Labute approximate surface area is 107 Å². The fraction of sp³-hybridized carbons (Fsp3) is 0.667. The zero-order valence-electron chi connectivity index (χ0n) is 11.0. The number of amides is 1. The van der Waals surface area contributed by atoms with E-state index in [-0.39, 0.29) is 11.9 Å². The van der Waals surface area contributed by atoms with Crippen molar-refractivity contribution >= 4 is 5.91 Å². The molecule has 1 saturated heterocycles. The van der Waals surface area contributed by atoms with Gasteiger partial charge in [0.15, 0.2) is 0 Å². The van der Waals surface area contributed by atoms with Crippen LogP contribution in [0.15, 0.2) is 12.4 Å². The van der Waals surface area contributed by atoms with Crippen molar-refractivity contribution < 1.29 is 4.79 Å². The Kier molecular flexibility index (Phi) is 4.33. The first kappa shape index (κ1) is 13.0. The van der Waals surface area contributed by atoms with Crippen LogP contribution in [-0.2, 0) is 18.3 Å². The van der Waals surface area contributed by atoms with Crippen LogP contribution in [-0.4, -0.2) is 59.9 Å². The van der Waals surface area contributed by atoms with Crippen LogP contribution in [0.2, 0.25) is 0 Å². The van der Waals surface area contributed by atoms with Crippen LogP contribution >= 0.6 is 0 Å². The predicted octanol–water partition coefficient (Wildman–Crippen LogP) is -1.02. The molecule has 0 aromatic carbocycles. The number of aryl methyl sites for hydroxylation is 1. The van der Waals surface area contributed by atoms with Gasteiger partial charge in [0.05, 0.1) is 6.20 Å². The molecule has 0 aliphatic carbocycles. The highest BCUT2D eigenvalue weighted by Gasteiger charge is 2.27. The van der Waals surface area contributed by atoms with Crippen molar-refractivity contribution in [3.63, 3.8) is 0 Å². The average molecular weight is 251 g/mol. The molecule has 18 heavy (non-hydrogen) atoms. The van der Waals surface area contributed by atoms with Crippen molar-refractivity contribution in [1.29, 1.82) is 0 Å². The minimum Gasteiger partial charge on any atom is -0.358 e. The van der Waals surface area contributed by atoms with Crippen LogP contribution in [0.3, 0.4) is 0 Å². The summed E-state index contributed by atoms with van der Waals surface area (Å²) in [5.74, 6) is 0.0911. The first-order valence-corrected chi connectivity index (χ1v) is 6.34. The van der Waals surface area contributed by atoms with Crippen LogP contribution in [0.4, 0.5) is 0 Å². The third kappa shape index (κ3) is 3.08. The standard InChI is InChI=1S/C12H21N5O/c1-13-12(18)11-8-14-4-6-17(11)5-3-10-7-15-16(2)9-10/h7,9,11,14H,3-6,8H2,1-2H3,(H,13,18). The van der Waals surface area contributed by atoms with E-state index in [0.717, 1.165) is 32.6 Å². The topological polar surface area (TPSA) is 62.2 Å². The third-order valence-electron chi connectivity index (χ3n) is 3.35. The Morgan fingerprint density at radius 2 is 2.50 bits per heavy atom. The van der Waals surface area contributed by atoms with Crippen LogP contribution in [0.5, 0.6) is 0 Å². The number of aromatic nitrogens is 2. The average Bonchev–Trinajstić information content (AvgIpc) is 2.81. The molecule has 2 rings (SSSR count). The summed E-state index contributed by atoms with van der Waals surface area (Å²) < 4.78 is 1.81. The molecule has 1 amide bonds. The van der Waals surface area contributed by atoms with Gasteiger partial charge >= 0.3 is 0 Å². The number of hydrogen-bond donors (Lipinski definition) is 2. The maximum atomic E-state index is 11.8. The molecule has 6 heteroatoms. The Hall–Kier alpha value is -1.40. The van der Waals surface area contributed by atoms with Gasteiger partial charge in [-0.25, -0.2) is 0 Å². The van der Waals surface area contributed by atoms with Crippen molar-refractivity contribution in [2.45, 2.75) is 12.5 Å². The zero-order chi connectivity index (χ0) is 13.0. The molecule has 0 spiro atoms. The summed E-state index contributed by atoms with van der Waals surface area (Å²) in [4.78, 5) is 14.0. The first-order valence-electron chi connectivity index (χ1n) is 6.34. The van der Waals surface area contributed by atoms with E-state index in [2.05, 4.69) is 20.6 Å². The number of likely N-dealkylation sites (N-methyl/N-ethyl adjacent to an activating group) is 1. The normalized spacial score (nSPS) is 20.9. The number of nitrogens with zero attached hydrogens (tertiary/aromatic N) is 3. The first-order chi connectivity index (χ1) is 8.70. The van der Waals surface area contributed by atoms with E-state index in [9.17, 15) is 4.79 Å². The maximum Gasteiger partial charge on any atom is 0.238 e. The number of hydrogen-bond acceptors (Lipinski definition) is 4. The molecule has 0 bridgehead atoms. The van der Waals surface area contributed by atoms with Gasteiger partial charge in [0, 0.05) is 46.5 Å². The summed E-state index contributed by atoms with van der Waals surface area (Å²) in [5, 5.41) is 10.2. The number of nitrogens with one attached hydrogen (secondary N) is 2. The molecule has 1 fully saturated rings. The molecule has 1 aliphatic heterocycles. The quantitative estimate of drug-likeness (QED) is 0.719. The highest BCUT2D eigenvalue weighted by Crippen LogP contribution is 2.06. The molecule has 1 aromatic rings. The molecule has 6 nitrogen and oxygen atoms in total. The highest BCUT2D eigenvalue weighted by atomic mass is 16.2. The van der Waals surface area contributed by atoms with Gasteiger partial charge in [-0.2, -0.15) is 5.10 Å². The molecular weight excluding hydrogens is 230 g/mol. The Balaban J connectivity index is 1.91. The van der Waals surface area contributed by atoms with Crippen LogP contribution < -0.4 is 10.6 Å². The summed E-state index contributed by atoms with van der Waals surface area (Å²) >= 11 is 0. The zero-order valence-corrected chi connectivity index (χ0v) is 11.0. The lowest BCUT2D eigenvalue weighted by atomic mass is 10.1. The fourth-order valence-corrected chi connectivity index (χ4v) is 2.31. The summed E-state index contributed by atoms with van der Waals surface area (Å²) in [6.45, 7) is 3.48. The number of rotatable bonds is 4. The van der Waals surface area contributed by atoms with Gasteiger partial charge in [-0.3, -0.25) is 14.4 Å². The van der Waals surface area contributed by atoms with Gasteiger partial charge in [0.1, 0.15) is 6.04 Å². The van der Waals surface area contributed by atoms with Crippen molar-refractivity contribution in [1.82, 2.24) is 25.3 Å². The lowest BCUT2D eigenvalue weighted by Crippen LogP contribution is -2.57.